The summed E-state index contributed by atoms with van der Waals surface area (Å²) in [6.07, 6.45) is 1.31. The van der Waals surface area contributed by atoms with E-state index >= 15 is 0 Å². The summed E-state index contributed by atoms with van der Waals surface area (Å²) >= 11 is -1.97. The molecular formula is C29H34AsFN6O9. The average Bonchev–Trinajstić information content (AvgIpc) is 3.51. The van der Waals surface area contributed by atoms with Crippen LogP contribution in [0.5, 0.6) is 5.88 Å². The molecule has 2 aliphatic heterocycles. The minimum absolute atomic E-state index is 0.0574. The Labute approximate surface area is 269 Å². The van der Waals surface area contributed by atoms with Crippen molar-refractivity contribution in [2.24, 2.45) is 0 Å². The monoisotopic (exact) mass is 704 g/mol. The number of nitrogens with one attached hydrogen (secondary N) is 1. The van der Waals surface area contributed by atoms with E-state index in [1.165, 1.54) is 34.1 Å². The minimum atomic E-state index is -1.97. The van der Waals surface area contributed by atoms with Crippen LogP contribution in [0.2, 0.25) is 4.71 Å². The molecule has 3 aliphatic rings. The second-order valence-corrected chi connectivity index (χ2v) is 14.3. The number of hydrogen-bond donors (Lipinski definition) is 3. The van der Waals surface area contributed by atoms with Gasteiger partial charge < -0.3 is 0 Å². The molecule has 2 saturated heterocycles. The number of aromatic nitrogens is 2. The van der Waals surface area contributed by atoms with Crippen LogP contribution in [0.4, 0.5) is 9.18 Å². The molecule has 0 spiro atoms. The summed E-state index contributed by atoms with van der Waals surface area (Å²) in [4.78, 5) is 79.4. The zero-order valence-electron chi connectivity index (χ0n) is 24.8. The van der Waals surface area contributed by atoms with Crippen molar-refractivity contribution < 1.29 is 48.1 Å². The average molecular weight is 705 g/mol. The molecule has 3 fully saturated rings. The van der Waals surface area contributed by atoms with E-state index in [2.05, 4.69) is 10.4 Å². The molecule has 0 radical (unpaired) electrons. The number of rotatable bonds is 12. The van der Waals surface area contributed by atoms with Gasteiger partial charge in [0.25, 0.3) is 0 Å². The number of benzene rings is 1. The predicted molar refractivity (Wildman–Crippen MR) is 159 cm³/mol. The fourth-order valence-corrected chi connectivity index (χ4v) is 7.85. The molecule has 4 amide bonds. The molecule has 1 unspecified atom stereocenters. The van der Waals surface area contributed by atoms with E-state index in [0.717, 1.165) is 28.5 Å². The molecule has 3 atom stereocenters. The van der Waals surface area contributed by atoms with E-state index < -0.39 is 73.8 Å². The van der Waals surface area contributed by atoms with Gasteiger partial charge in [0.05, 0.1) is 0 Å². The maximum atomic E-state index is 14.1. The molecule has 1 saturated carbocycles. The van der Waals surface area contributed by atoms with Gasteiger partial charge in [-0.05, 0) is 12.8 Å². The fraction of sp³-hybridized carbons (Fsp3) is 0.483. The number of nitrogens with zero attached hydrogens (tertiary/aromatic N) is 5. The molecule has 246 valence electrons. The molecule has 5 rings (SSSR count). The van der Waals surface area contributed by atoms with Crippen LogP contribution in [0.3, 0.4) is 0 Å². The fourth-order valence-electron chi connectivity index (χ4n) is 5.40. The molecule has 0 bridgehead atoms. The number of carboxylic acid groups (broad SMARTS) is 2. The number of hydrogen-bond acceptors (Lipinski definition) is 8. The van der Waals surface area contributed by atoms with Gasteiger partial charge in [-0.2, -0.15) is 0 Å². The number of aliphatic carboxylic acids is 1. The van der Waals surface area contributed by atoms with Crippen molar-refractivity contribution >= 4 is 50.1 Å². The van der Waals surface area contributed by atoms with Gasteiger partial charge in [0.2, 0.25) is 0 Å². The number of halogens is 1. The third-order valence-corrected chi connectivity index (χ3v) is 10.7. The van der Waals surface area contributed by atoms with Crippen LogP contribution in [0.25, 0.3) is 5.69 Å². The molecule has 1 aliphatic carbocycles. The Morgan fingerprint density at radius 3 is 2.37 bits per heavy atom. The third-order valence-electron chi connectivity index (χ3n) is 7.95. The second-order valence-electron chi connectivity index (χ2n) is 11.3. The summed E-state index contributed by atoms with van der Waals surface area (Å²) in [5, 5.41) is 25.9. The number of carbonyl (C=O) groups excluding carboxylic acids is 4. The molecule has 17 heteroatoms. The van der Waals surface area contributed by atoms with Gasteiger partial charge in [0.1, 0.15) is 0 Å². The molecule has 2 aromatic rings. The standard InChI is InChI=1S/C29H34AsFN6O9/c31-17-3-1-4-19(13-17)37-24(46-16-23(38)36-8-2-5-22(36)27(42)32-18-6-7-18)15-21(33-37)26(41)30-20(14-25(39)40)28(43)34-9-11-35(12-10-34)29(44)45/h1,3-4,13,15,18,20,22,30H,2,5-12,14,16H2,(H,32,42)(H,39,40)(H,44,45)/t20-,22-/m0/s1. The number of likely N-dealkylation sites (tertiary alicyclic amines) is 1. The van der Waals surface area contributed by atoms with Crippen LogP contribution in [-0.4, -0.2) is 136 Å². The zero-order valence-corrected chi connectivity index (χ0v) is 26.9. The Morgan fingerprint density at radius 1 is 1.00 bits per heavy atom. The van der Waals surface area contributed by atoms with Crippen LogP contribution >= 0.6 is 0 Å². The van der Waals surface area contributed by atoms with Crippen LogP contribution in [0, 0.1) is 5.82 Å². The van der Waals surface area contributed by atoms with E-state index in [0.29, 0.717) is 19.4 Å². The van der Waals surface area contributed by atoms with Gasteiger partial charge in [-0.1, -0.05) is 0 Å². The Morgan fingerprint density at radius 2 is 1.72 bits per heavy atom. The quantitative estimate of drug-likeness (QED) is 0.260. The maximum absolute atomic E-state index is 14.1. The Kier molecular flexibility index (Phi) is 10.2. The summed E-state index contributed by atoms with van der Waals surface area (Å²) in [5.41, 5.74) is 0.0484. The van der Waals surface area contributed by atoms with Gasteiger partial charge in [-0.3, -0.25) is 0 Å². The number of carboxylic acids is 1. The molecule has 1 aromatic heterocycles. The first-order valence-corrected chi connectivity index (χ1v) is 17.1. The van der Waals surface area contributed by atoms with Gasteiger partial charge in [0.15, 0.2) is 0 Å². The topological polar surface area (TPSA) is 192 Å². The molecular weight excluding hydrogens is 670 g/mol. The summed E-state index contributed by atoms with van der Waals surface area (Å²) < 4.78 is 19.4. The molecule has 46 heavy (non-hydrogen) atoms. The summed E-state index contributed by atoms with van der Waals surface area (Å²) in [7, 11) is 0. The van der Waals surface area contributed by atoms with Crippen LogP contribution in [0.15, 0.2) is 30.3 Å². The van der Waals surface area contributed by atoms with Crippen molar-refractivity contribution in [1.82, 2.24) is 29.8 Å². The molecule has 3 N–H and O–H groups in total. The molecule has 3 heterocycles. The van der Waals surface area contributed by atoms with Crippen molar-refractivity contribution in [2.75, 3.05) is 39.3 Å². The SMILES string of the molecule is O=C(O)C[C@H]([AsH]C(=O)c1cc(OCC(=O)N2CCC[C@H]2C(=O)NC2CC2)n(-c2cccc(F)c2)n1)C(=O)N1CCN(C(=O)O)CC1. The van der Waals surface area contributed by atoms with E-state index in [1.54, 1.807) is 0 Å². The van der Waals surface area contributed by atoms with Crippen LogP contribution < -0.4 is 10.1 Å². The zero-order chi connectivity index (χ0) is 33.0. The van der Waals surface area contributed by atoms with Crippen molar-refractivity contribution in [2.45, 2.75) is 48.9 Å². The predicted octanol–water partition coefficient (Wildman–Crippen LogP) is 0.322. The van der Waals surface area contributed by atoms with Gasteiger partial charge in [-0.15, -0.1) is 0 Å². The first-order chi connectivity index (χ1) is 22.0. The van der Waals surface area contributed by atoms with E-state index in [1.807, 2.05) is 0 Å². The number of piperazine rings is 1. The second kappa shape index (κ2) is 14.3. The third kappa shape index (κ3) is 8.03. The number of amides is 4. The van der Waals surface area contributed by atoms with E-state index in [4.69, 9.17) is 4.74 Å². The van der Waals surface area contributed by atoms with Crippen molar-refractivity contribution in [3.8, 4) is 11.6 Å². The number of carbonyl (C=O) groups is 6. The summed E-state index contributed by atoms with van der Waals surface area (Å²) in [5.74, 6) is -3.11. The number of ether oxygens (including phenoxy) is 1. The molecule has 1 aromatic carbocycles. The Hall–Kier alpha value is -4.46. The van der Waals surface area contributed by atoms with Crippen molar-refractivity contribution in [1.29, 1.82) is 0 Å². The van der Waals surface area contributed by atoms with Crippen LogP contribution in [-0.2, 0) is 19.2 Å². The van der Waals surface area contributed by atoms with E-state index in [-0.39, 0.29) is 55.4 Å². The summed E-state index contributed by atoms with van der Waals surface area (Å²) in [6, 6.07) is 6.11. The van der Waals surface area contributed by atoms with Crippen LogP contribution in [0.1, 0.15) is 42.6 Å². The van der Waals surface area contributed by atoms with Gasteiger partial charge >= 0.3 is 257 Å². The normalized spacial score (nSPS) is 18.9. The van der Waals surface area contributed by atoms with Gasteiger partial charge in [-0.25, -0.2) is 0 Å². The van der Waals surface area contributed by atoms with Crippen molar-refractivity contribution in [3.05, 3.63) is 41.8 Å². The Bertz CT molecular complexity index is 1520. The van der Waals surface area contributed by atoms with Crippen molar-refractivity contribution in [3.63, 3.8) is 0 Å². The molecule has 15 nitrogen and oxygen atoms in total. The van der Waals surface area contributed by atoms with Gasteiger partial charge in [0, 0.05) is 0 Å². The first-order valence-electron chi connectivity index (χ1n) is 14.9. The Balaban J connectivity index is 1.31. The summed E-state index contributed by atoms with van der Waals surface area (Å²) in [6.45, 7) is 0.170. The first kappa shape index (κ1) is 32.9. The van der Waals surface area contributed by atoms with E-state index in [9.17, 15) is 43.4 Å².